The minimum absolute atomic E-state index is 0.185. The third-order valence-electron chi connectivity index (χ3n) is 3.25. The third kappa shape index (κ3) is 5.83. The average molecular weight is 370 g/mol. The molecule has 0 radical (unpaired) electrons. The summed E-state index contributed by atoms with van der Waals surface area (Å²) >= 11 is 0. The molecule has 0 saturated heterocycles. The van der Waals surface area contributed by atoms with E-state index in [4.69, 9.17) is 9.47 Å². The van der Waals surface area contributed by atoms with Crippen LogP contribution in [0.5, 0.6) is 17.2 Å². The first-order chi connectivity index (χ1) is 12.3. The van der Waals surface area contributed by atoms with Gasteiger partial charge < -0.3 is 19.5 Å². The molecule has 0 fully saturated rings. The molecule has 9 heteroatoms. The number of hydrogen-bond donors (Lipinski definition) is 1. The number of hydrogen-bond acceptors (Lipinski definition) is 5. The highest BCUT2D eigenvalue weighted by Crippen LogP contribution is 2.31. The van der Waals surface area contributed by atoms with Crippen LogP contribution in [0, 0.1) is 0 Å². The number of carbonyl (C=O) groups excluding carboxylic acids is 1. The highest BCUT2D eigenvalue weighted by molar-refractivity contribution is 5.78. The lowest BCUT2D eigenvalue weighted by Crippen LogP contribution is -2.31. The minimum Gasteiger partial charge on any atom is -0.495 e. The Labute approximate surface area is 147 Å². The fourth-order valence-electron chi connectivity index (χ4n) is 2.05. The van der Waals surface area contributed by atoms with Crippen molar-refractivity contribution in [2.45, 2.75) is 19.3 Å². The van der Waals surface area contributed by atoms with Crippen LogP contribution in [0.15, 0.2) is 42.6 Å². The Bertz CT molecular complexity index is 736. The molecule has 6 nitrogen and oxygen atoms in total. The summed E-state index contributed by atoms with van der Waals surface area (Å²) in [5, 5.41) is 2.64. The van der Waals surface area contributed by atoms with Crippen LogP contribution in [0.4, 0.5) is 13.2 Å². The van der Waals surface area contributed by atoms with Crippen molar-refractivity contribution in [1.29, 1.82) is 0 Å². The van der Waals surface area contributed by atoms with Gasteiger partial charge in [-0.25, -0.2) is 0 Å². The maximum absolute atomic E-state index is 12.4. The van der Waals surface area contributed by atoms with Crippen LogP contribution in [0.3, 0.4) is 0 Å². The lowest BCUT2D eigenvalue weighted by atomic mass is 10.2. The van der Waals surface area contributed by atoms with Crippen molar-refractivity contribution >= 4 is 5.91 Å². The Hall–Kier alpha value is -2.97. The SMILES string of the molecule is COc1ccc(C(C)NC(=O)COc2ccccc2OC(F)(F)F)nc1. The summed E-state index contributed by atoms with van der Waals surface area (Å²) in [6, 6.07) is 8.20. The molecule has 2 aromatic rings. The lowest BCUT2D eigenvalue weighted by molar-refractivity contribution is -0.275. The molecule has 1 aromatic carbocycles. The third-order valence-corrected chi connectivity index (χ3v) is 3.25. The van der Waals surface area contributed by atoms with E-state index in [0.717, 1.165) is 6.07 Å². The van der Waals surface area contributed by atoms with Crippen LogP contribution in [0.25, 0.3) is 0 Å². The van der Waals surface area contributed by atoms with E-state index >= 15 is 0 Å². The zero-order valence-corrected chi connectivity index (χ0v) is 14.0. The van der Waals surface area contributed by atoms with Gasteiger partial charge in [0.15, 0.2) is 18.1 Å². The highest BCUT2D eigenvalue weighted by atomic mass is 19.4. The summed E-state index contributed by atoms with van der Waals surface area (Å²) in [4.78, 5) is 16.1. The first-order valence-electron chi connectivity index (χ1n) is 7.55. The van der Waals surface area contributed by atoms with E-state index < -0.39 is 30.7 Å². The van der Waals surface area contributed by atoms with Crippen molar-refractivity contribution in [2.24, 2.45) is 0 Å². The van der Waals surface area contributed by atoms with E-state index in [1.165, 1.54) is 31.5 Å². The lowest BCUT2D eigenvalue weighted by Gasteiger charge is -2.16. The van der Waals surface area contributed by atoms with Crippen molar-refractivity contribution in [3.8, 4) is 17.2 Å². The molecule has 0 bridgehead atoms. The second-order valence-electron chi connectivity index (χ2n) is 5.20. The highest BCUT2D eigenvalue weighted by Gasteiger charge is 2.32. The summed E-state index contributed by atoms with van der Waals surface area (Å²) in [6.45, 7) is 1.24. The Morgan fingerprint density at radius 1 is 1.19 bits per heavy atom. The Balaban J connectivity index is 1.92. The Morgan fingerprint density at radius 2 is 1.88 bits per heavy atom. The molecule has 0 spiro atoms. The monoisotopic (exact) mass is 370 g/mol. The van der Waals surface area contributed by atoms with Gasteiger partial charge in [0.1, 0.15) is 5.75 Å². The number of nitrogens with one attached hydrogen (secondary N) is 1. The van der Waals surface area contributed by atoms with Crippen LogP contribution in [0.1, 0.15) is 18.7 Å². The number of rotatable bonds is 7. The number of amides is 1. The van der Waals surface area contributed by atoms with Gasteiger partial charge in [-0.05, 0) is 31.2 Å². The van der Waals surface area contributed by atoms with E-state index in [0.29, 0.717) is 11.4 Å². The first-order valence-corrected chi connectivity index (χ1v) is 7.55. The number of pyridine rings is 1. The van der Waals surface area contributed by atoms with Gasteiger partial charge in [-0.15, -0.1) is 13.2 Å². The molecule has 0 saturated carbocycles. The second kappa shape index (κ2) is 8.41. The zero-order chi connectivity index (χ0) is 19.2. The first kappa shape index (κ1) is 19.4. The molecule has 0 aliphatic carbocycles. The summed E-state index contributed by atoms with van der Waals surface area (Å²) in [6.07, 6.45) is -3.34. The number of nitrogens with zero attached hydrogens (tertiary/aromatic N) is 1. The van der Waals surface area contributed by atoms with Crippen molar-refractivity contribution in [3.63, 3.8) is 0 Å². The van der Waals surface area contributed by atoms with Crippen LogP contribution in [-0.2, 0) is 4.79 Å². The topological polar surface area (TPSA) is 69.7 Å². The second-order valence-corrected chi connectivity index (χ2v) is 5.20. The van der Waals surface area contributed by atoms with Gasteiger partial charge in [-0.2, -0.15) is 0 Å². The number of alkyl halides is 3. The molecule has 1 amide bonds. The summed E-state index contributed by atoms with van der Waals surface area (Å²) in [7, 11) is 1.51. The van der Waals surface area contributed by atoms with Gasteiger partial charge in [-0.3, -0.25) is 9.78 Å². The number of carbonyl (C=O) groups is 1. The van der Waals surface area contributed by atoms with E-state index in [1.54, 1.807) is 19.1 Å². The number of methoxy groups -OCH3 is 1. The quantitative estimate of drug-likeness (QED) is 0.810. The van der Waals surface area contributed by atoms with E-state index in [9.17, 15) is 18.0 Å². The van der Waals surface area contributed by atoms with Crippen LogP contribution in [-0.4, -0.2) is 31.0 Å². The van der Waals surface area contributed by atoms with Crippen LogP contribution in [0.2, 0.25) is 0 Å². The van der Waals surface area contributed by atoms with Crippen molar-refractivity contribution in [2.75, 3.05) is 13.7 Å². The van der Waals surface area contributed by atoms with E-state index in [-0.39, 0.29) is 5.75 Å². The summed E-state index contributed by atoms with van der Waals surface area (Å²) < 4.78 is 51.1. The van der Waals surface area contributed by atoms with Gasteiger partial charge >= 0.3 is 6.36 Å². The van der Waals surface area contributed by atoms with Crippen molar-refractivity contribution in [3.05, 3.63) is 48.3 Å². The molecular formula is C17H17F3N2O4. The molecule has 1 N–H and O–H groups in total. The van der Waals surface area contributed by atoms with Crippen LogP contribution < -0.4 is 19.5 Å². The molecule has 140 valence electrons. The standard InChI is InChI=1S/C17H17F3N2O4/c1-11(13-8-7-12(24-2)9-21-13)22-16(23)10-25-14-5-3-4-6-15(14)26-17(18,19)20/h3-9,11H,10H2,1-2H3,(H,22,23). The Morgan fingerprint density at radius 3 is 2.46 bits per heavy atom. The van der Waals surface area contributed by atoms with E-state index in [2.05, 4.69) is 15.0 Å². The number of ether oxygens (including phenoxy) is 3. The van der Waals surface area contributed by atoms with Crippen molar-refractivity contribution in [1.82, 2.24) is 10.3 Å². The molecule has 0 aliphatic heterocycles. The largest absolute Gasteiger partial charge is 0.573 e. The molecule has 26 heavy (non-hydrogen) atoms. The predicted octanol–water partition coefficient (Wildman–Crippen LogP) is 3.25. The zero-order valence-electron chi connectivity index (χ0n) is 14.0. The smallest absolute Gasteiger partial charge is 0.495 e. The number of aromatic nitrogens is 1. The van der Waals surface area contributed by atoms with Gasteiger partial charge in [0.2, 0.25) is 0 Å². The van der Waals surface area contributed by atoms with Crippen LogP contribution >= 0.6 is 0 Å². The molecule has 1 atom stereocenters. The fraction of sp³-hybridized carbons (Fsp3) is 0.294. The molecule has 1 aromatic heterocycles. The summed E-state index contributed by atoms with van der Waals surface area (Å²) in [5.74, 6) is -0.637. The number of benzene rings is 1. The average Bonchev–Trinajstić information content (AvgIpc) is 2.59. The predicted molar refractivity (Wildman–Crippen MR) is 86.0 cm³/mol. The fourth-order valence-corrected chi connectivity index (χ4v) is 2.05. The van der Waals surface area contributed by atoms with Gasteiger partial charge in [0, 0.05) is 0 Å². The minimum atomic E-state index is -4.85. The van der Waals surface area contributed by atoms with Gasteiger partial charge in [-0.1, -0.05) is 12.1 Å². The number of halogens is 3. The molecule has 0 aliphatic rings. The molecule has 2 rings (SSSR count). The van der Waals surface area contributed by atoms with Gasteiger partial charge in [0.05, 0.1) is 25.0 Å². The maximum Gasteiger partial charge on any atom is 0.573 e. The molecule has 1 unspecified atom stereocenters. The Kier molecular flexibility index (Phi) is 6.26. The summed E-state index contributed by atoms with van der Waals surface area (Å²) in [5.41, 5.74) is 0.597. The number of para-hydroxylation sites is 2. The molecular weight excluding hydrogens is 353 g/mol. The normalized spacial score (nSPS) is 12.2. The maximum atomic E-state index is 12.4. The molecule has 1 heterocycles. The van der Waals surface area contributed by atoms with Gasteiger partial charge in [0.25, 0.3) is 5.91 Å². The van der Waals surface area contributed by atoms with E-state index in [1.807, 2.05) is 0 Å². The van der Waals surface area contributed by atoms with Crippen molar-refractivity contribution < 1.29 is 32.2 Å².